The summed E-state index contributed by atoms with van der Waals surface area (Å²) in [6.45, 7) is 2.21. The van der Waals surface area contributed by atoms with Crippen LogP contribution in [0.1, 0.15) is 32.6 Å². The molecule has 1 aliphatic rings. The van der Waals surface area contributed by atoms with E-state index in [0.29, 0.717) is 6.61 Å². The minimum atomic E-state index is -0.788. The lowest BCUT2D eigenvalue weighted by Crippen LogP contribution is -2.52. The Kier molecular flexibility index (Phi) is 6.08. The van der Waals surface area contributed by atoms with E-state index in [4.69, 9.17) is 10.5 Å². The monoisotopic (exact) mass is 372 g/mol. The van der Waals surface area contributed by atoms with Crippen LogP contribution < -0.4 is 5.73 Å². The Morgan fingerprint density at radius 3 is 3.10 bits per heavy atom. The fraction of sp³-hybridized carbons (Fsp3) is 0.600. The molecular weight excluding hydrogens is 352 g/mol. The zero-order valence-electron chi connectivity index (χ0n) is 12.2. The molecule has 4 nitrogen and oxygen atoms in total. The average Bonchev–Trinajstić information content (AvgIpc) is 2.84. The Morgan fingerprint density at radius 1 is 1.62 bits per heavy atom. The molecule has 1 saturated carbocycles. The van der Waals surface area contributed by atoms with Crippen molar-refractivity contribution >= 4 is 33.7 Å². The van der Waals surface area contributed by atoms with Crippen LogP contribution in [0.25, 0.3) is 0 Å². The molecule has 6 heteroatoms. The largest absolute Gasteiger partial charge is 0.465 e. The van der Waals surface area contributed by atoms with E-state index in [0.717, 1.165) is 40.9 Å². The van der Waals surface area contributed by atoms with E-state index in [1.54, 1.807) is 18.0 Å². The second kappa shape index (κ2) is 7.61. The molecule has 2 unspecified atom stereocenters. The number of ether oxygens (including phenoxy) is 1. The molecule has 0 radical (unpaired) electrons. The summed E-state index contributed by atoms with van der Waals surface area (Å²) >= 11 is 5.08. The quantitative estimate of drug-likeness (QED) is 0.612. The molecule has 21 heavy (non-hydrogen) atoms. The third kappa shape index (κ3) is 4.20. The summed E-state index contributed by atoms with van der Waals surface area (Å²) in [5.74, 6) is 0.885. The summed E-state index contributed by atoms with van der Waals surface area (Å²) in [7, 11) is 0. The summed E-state index contributed by atoms with van der Waals surface area (Å²) < 4.78 is 6.13. The first-order valence-electron chi connectivity index (χ1n) is 7.26. The van der Waals surface area contributed by atoms with Crippen LogP contribution in [-0.4, -0.2) is 28.9 Å². The number of hydrogen-bond acceptors (Lipinski definition) is 5. The predicted octanol–water partition coefficient (Wildman–Crippen LogP) is 3.39. The van der Waals surface area contributed by atoms with Gasteiger partial charge in [-0.25, -0.2) is 4.98 Å². The van der Waals surface area contributed by atoms with Gasteiger partial charge in [-0.2, -0.15) is 0 Å². The number of thioether (sulfide) groups is 1. The highest BCUT2D eigenvalue weighted by atomic mass is 79.9. The number of pyridine rings is 1. The lowest BCUT2D eigenvalue weighted by molar-refractivity contribution is -0.151. The van der Waals surface area contributed by atoms with E-state index >= 15 is 0 Å². The van der Waals surface area contributed by atoms with Crippen molar-refractivity contribution in [1.29, 1.82) is 0 Å². The summed E-state index contributed by atoms with van der Waals surface area (Å²) in [5.41, 5.74) is 5.54. The predicted molar refractivity (Wildman–Crippen MR) is 88.2 cm³/mol. The van der Waals surface area contributed by atoms with Gasteiger partial charge >= 0.3 is 5.97 Å². The van der Waals surface area contributed by atoms with Crippen LogP contribution in [0.15, 0.2) is 27.8 Å². The van der Waals surface area contributed by atoms with Gasteiger partial charge in [0.25, 0.3) is 0 Å². The minimum Gasteiger partial charge on any atom is -0.465 e. The minimum absolute atomic E-state index is 0.208. The van der Waals surface area contributed by atoms with Crippen molar-refractivity contribution in [3.05, 3.63) is 22.8 Å². The van der Waals surface area contributed by atoms with Gasteiger partial charge in [-0.1, -0.05) is 6.42 Å². The summed E-state index contributed by atoms with van der Waals surface area (Å²) in [4.78, 5) is 16.4. The second-order valence-corrected chi connectivity index (χ2v) is 7.33. The molecule has 1 heterocycles. The Morgan fingerprint density at radius 2 is 2.43 bits per heavy atom. The topological polar surface area (TPSA) is 65.2 Å². The van der Waals surface area contributed by atoms with Gasteiger partial charge in [0.1, 0.15) is 5.54 Å². The molecule has 2 atom stereocenters. The van der Waals surface area contributed by atoms with E-state index < -0.39 is 5.54 Å². The second-order valence-electron chi connectivity index (χ2n) is 5.30. The van der Waals surface area contributed by atoms with Crippen molar-refractivity contribution in [2.24, 2.45) is 11.7 Å². The molecule has 1 fully saturated rings. The molecule has 0 amide bonds. The number of aromatic nitrogens is 1. The van der Waals surface area contributed by atoms with Gasteiger partial charge in [0.2, 0.25) is 0 Å². The van der Waals surface area contributed by atoms with Crippen molar-refractivity contribution in [1.82, 2.24) is 4.98 Å². The van der Waals surface area contributed by atoms with Crippen LogP contribution >= 0.6 is 27.7 Å². The first-order valence-corrected chi connectivity index (χ1v) is 9.04. The van der Waals surface area contributed by atoms with Crippen molar-refractivity contribution in [3.63, 3.8) is 0 Å². The van der Waals surface area contributed by atoms with E-state index in [2.05, 4.69) is 20.9 Å². The number of nitrogens with two attached hydrogens (primary N) is 1. The number of carbonyl (C=O) groups is 1. The van der Waals surface area contributed by atoms with Gasteiger partial charge in [-0.15, -0.1) is 11.8 Å². The van der Waals surface area contributed by atoms with Crippen LogP contribution in [-0.2, 0) is 9.53 Å². The Bertz CT molecular complexity index is 483. The van der Waals surface area contributed by atoms with Gasteiger partial charge in [0.15, 0.2) is 0 Å². The molecule has 2 rings (SSSR count). The van der Waals surface area contributed by atoms with E-state index in [-0.39, 0.29) is 11.9 Å². The molecular formula is C15H21BrN2O2S. The summed E-state index contributed by atoms with van der Waals surface area (Å²) in [5, 5.41) is 0.995. The molecule has 116 valence electrons. The van der Waals surface area contributed by atoms with E-state index in [1.165, 1.54) is 0 Å². The van der Waals surface area contributed by atoms with E-state index in [1.807, 2.05) is 19.1 Å². The fourth-order valence-corrected chi connectivity index (χ4v) is 3.93. The molecule has 1 aromatic heterocycles. The van der Waals surface area contributed by atoms with Crippen molar-refractivity contribution in [3.8, 4) is 0 Å². The lowest BCUT2D eigenvalue weighted by Gasteiger charge is -2.28. The SMILES string of the molecule is CCOC(=O)C1(N)CCCC1CCSc1ccc(Br)cn1. The van der Waals surface area contributed by atoms with Gasteiger partial charge in [-0.05, 0) is 65.9 Å². The van der Waals surface area contributed by atoms with Crippen LogP contribution in [0.3, 0.4) is 0 Å². The number of nitrogens with zero attached hydrogens (tertiary/aromatic N) is 1. The third-order valence-corrected chi connectivity index (χ3v) is 5.39. The molecule has 0 spiro atoms. The van der Waals surface area contributed by atoms with Crippen LogP contribution in [0.5, 0.6) is 0 Å². The van der Waals surface area contributed by atoms with Crippen LogP contribution in [0.2, 0.25) is 0 Å². The van der Waals surface area contributed by atoms with Crippen LogP contribution in [0.4, 0.5) is 0 Å². The zero-order chi connectivity index (χ0) is 15.3. The number of esters is 1. The first kappa shape index (κ1) is 16.8. The molecule has 0 aliphatic heterocycles. The van der Waals surface area contributed by atoms with E-state index in [9.17, 15) is 4.79 Å². The standard InChI is InChI=1S/C15H21BrN2O2S/c1-2-20-14(19)15(17)8-3-4-11(15)7-9-21-13-6-5-12(16)10-18-13/h5-6,10-11H,2-4,7-9,17H2,1H3. The molecule has 0 bridgehead atoms. The fourth-order valence-electron chi connectivity index (χ4n) is 2.79. The van der Waals surface area contributed by atoms with Gasteiger partial charge in [0, 0.05) is 10.7 Å². The van der Waals surface area contributed by atoms with Crippen molar-refractivity contribution in [2.45, 2.75) is 43.2 Å². The number of carbonyl (C=O) groups excluding carboxylic acids is 1. The van der Waals surface area contributed by atoms with Gasteiger partial charge in [0.05, 0.1) is 11.6 Å². The third-order valence-electron chi connectivity index (χ3n) is 3.94. The first-order chi connectivity index (χ1) is 10.1. The Balaban J connectivity index is 1.87. The molecule has 0 aromatic carbocycles. The summed E-state index contributed by atoms with van der Waals surface area (Å²) in [6.07, 6.45) is 5.45. The molecule has 2 N–H and O–H groups in total. The summed E-state index contributed by atoms with van der Waals surface area (Å²) in [6, 6.07) is 3.97. The Labute approximate surface area is 138 Å². The zero-order valence-corrected chi connectivity index (χ0v) is 14.6. The maximum atomic E-state index is 12.1. The smallest absolute Gasteiger partial charge is 0.326 e. The lowest BCUT2D eigenvalue weighted by atomic mass is 9.86. The normalized spacial score (nSPS) is 25.0. The Hall–Kier alpha value is -0.590. The molecule has 1 aliphatic carbocycles. The maximum Gasteiger partial charge on any atom is 0.326 e. The number of hydrogen-bond donors (Lipinski definition) is 1. The number of halogens is 1. The van der Waals surface area contributed by atoms with Crippen LogP contribution in [0, 0.1) is 5.92 Å². The van der Waals surface area contributed by atoms with Gasteiger partial charge in [-0.3, -0.25) is 4.79 Å². The maximum absolute atomic E-state index is 12.1. The van der Waals surface area contributed by atoms with Crippen molar-refractivity contribution < 1.29 is 9.53 Å². The molecule has 1 aromatic rings. The van der Waals surface area contributed by atoms with Gasteiger partial charge < -0.3 is 10.5 Å². The number of rotatable bonds is 6. The molecule has 0 saturated heterocycles. The highest BCUT2D eigenvalue weighted by molar-refractivity contribution is 9.10. The van der Waals surface area contributed by atoms with Crippen molar-refractivity contribution in [2.75, 3.05) is 12.4 Å². The average molecular weight is 373 g/mol. The highest BCUT2D eigenvalue weighted by Crippen LogP contribution is 2.38. The highest BCUT2D eigenvalue weighted by Gasteiger charge is 2.46.